The van der Waals surface area contributed by atoms with E-state index in [1.54, 1.807) is 6.20 Å². The molecule has 0 radical (unpaired) electrons. The second-order valence-electron chi connectivity index (χ2n) is 5.08. The number of Topliss-reactive ketones (excluding diaryl/α,β-unsaturated/α-hetero) is 1. The summed E-state index contributed by atoms with van der Waals surface area (Å²) >= 11 is 0. The average Bonchev–Trinajstić information content (AvgIpc) is 2.63. The minimum Gasteiger partial charge on any atom is -0.361 e. The fraction of sp³-hybridized carbons (Fsp3) is 0.667. The van der Waals surface area contributed by atoms with Gasteiger partial charge in [-0.25, -0.2) is 0 Å². The number of rotatable bonds is 0. The van der Waals surface area contributed by atoms with Crippen LogP contribution in [0, 0.1) is 11.3 Å². The second kappa shape index (κ2) is 2.94. The van der Waals surface area contributed by atoms with Gasteiger partial charge in [-0.1, -0.05) is 12.1 Å². The molecule has 1 aromatic heterocycles. The molecule has 0 aromatic carbocycles. The summed E-state index contributed by atoms with van der Waals surface area (Å²) in [5.74, 6) is 1.91. The maximum Gasteiger partial charge on any atom is 0.140 e. The van der Waals surface area contributed by atoms with Gasteiger partial charge in [0.05, 0.1) is 6.20 Å². The zero-order chi connectivity index (χ0) is 10.5. The lowest BCUT2D eigenvalue weighted by molar-refractivity contribution is -0.134. The molecule has 0 amide bonds. The van der Waals surface area contributed by atoms with Crippen molar-refractivity contribution >= 4 is 5.78 Å². The van der Waals surface area contributed by atoms with Crippen molar-refractivity contribution < 1.29 is 9.32 Å². The van der Waals surface area contributed by atoms with Gasteiger partial charge in [-0.2, -0.15) is 0 Å². The maximum atomic E-state index is 12.0. The number of hydrogen-bond acceptors (Lipinski definition) is 3. The summed E-state index contributed by atoms with van der Waals surface area (Å²) in [6, 6.07) is 0. The summed E-state index contributed by atoms with van der Waals surface area (Å²) in [5, 5.41) is 3.83. The minimum atomic E-state index is -0.142. The highest BCUT2D eigenvalue weighted by Gasteiger charge is 2.47. The molecule has 0 bridgehead atoms. The van der Waals surface area contributed by atoms with Gasteiger partial charge < -0.3 is 4.52 Å². The Labute approximate surface area is 88.8 Å². The van der Waals surface area contributed by atoms with Crippen LogP contribution >= 0.6 is 0 Å². The number of carbonyl (C=O) groups excluding carboxylic acids is 1. The van der Waals surface area contributed by atoms with Crippen LogP contribution in [0.5, 0.6) is 0 Å². The normalized spacial score (nSPS) is 34.7. The lowest BCUT2D eigenvalue weighted by Crippen LogP contribution is -2.44. The van der Waals surface area contributed by atoms with Crippen LogP contribution in [-0.4, -0.2) is 10.9 Å². The fourth-order valence-electron chi connectivity index (χ4n) is 3.13. The van der Waals surface area contributed by atoms with E-state index in [9.17, 15) is 4.79 Å². The van der Waals surface area contributed by atoms with E-state index in [-0.39, 0.29) is 5.41 Å². The third-order valence-corrected chi connectivity index (χ3v) is 4.21. The molecule has 0 unspecified atom stereocenters. The first-order chi connectivity index (χ1) is 7.20. The smallest absolute Gasteiger partial charge is 0.140 e. The van der Waals surface area contributed by atoms with Gasteiger partial charge in [-0.05, 0) is 25.2 Å². The number of ketones is 1. The van der Waals surface area contributed by atoms with Crippen molar-refractivity contribution in [3.63, 3.8) is 0 Å². The summed E-state index contributed by atoms with van der Waals surface area (Å²) in [4.78, 5) is 12.0. The monoisotopic (exact) mass is 205 g/mol. The number of fused-ring (bicyclic) bond motifs is 2. The summed E-state index contributed by atoms with van der Waals surface area (Å²) in [6.45, 7) is 2.12. The molecule has 1 saturated carbocycles. The molecule has 80 valence electrons. The molecular weight excluding hydrogens is 190 g/mol. The molecule has 3 nitrogen and oxygen atoms in total. The molecule has 2 aliphatic rings. The lowest BCUT2D eigenvalue weighted by atomic mass is 9.60. The Morgan fingerprint density at radius 1 is 1.60 bits per heavy atom. The first-order valence-corrected chi connectivity index (χ1v) is 5.66. The van der Waals surface area contributed by atoms with Crippen molar-refractivity contribution in [1.82, 2.24) is 5.16 Å². The highest BCUT2D eigenvalue weighted by atomic mass is 16.5. The van der Waals surface area contributed by atoms with E-state index in [0.717, 1.165) is 43.4 Å². The molecule has 0 saturated heterocycles. The van der Waals surface area contributed by atoms with Crippen LogP contribution in [-0.2, 0) is 17.6 Å². The molecule has 1 fully saturated rings. The third-order valence-electron chi connectivity index (χ3n) is 4.21. The van der Waals surface area contributed by atoms with E-state index in [2.05, 4.69) is 12.1 Å². The lowest BCUT2D eigenvalue weighted by Gasteiger charge is -2.42. The van der Waals surface area contributed by atoms with Crippen LogP contribution < -0.4 is 0 Å². The fourth-order valence-corrected chi connectivity index (χ4v) is 3.13. The van der Waals surface area contributed by atoms with Crippen molar-refractivity contribution in [3.8, 4) is 0 Å². The molecule has 2 aliphatic carbocycles. The summed E-state index contributed by atoms with van der Waals surface area (Å²) in [6.07, 6.45) is 6.46. The molecule has 3 heteroatoms. The second-order valence-corrected chi connectivity index (χ2v) is 5.08. The summed E-state index contributed by atoms with van der Waals surface area (Å²) in [7, 11) is 0. The van der Waals surface area contributed by atoms with Crippen LogP contribution in [0.25, 0.3) is 0 Å². The molecule has 1 heterocycles. The molecule has 1 aromatic rings. The van der Waals surface area contributed by atoms with Gasteiger partial charge in [0.25, 0.3) is 0 Å². The standard InChI is InChI=1S/C12H15NO2/c1-12-6-8-7-13-15-10(8)5-9(12)3-2-4-11(12)14/h7,9H,2-6H2,1H3/t9-,12-/m1/s1. The molecule has 15 heavy (non-hydrogen) atoms. The SMILES string of the molecule is C[C@@]12Cc3cnoc3C[C@H]1CCCC2=O. The van der Waals surface area contributed by atoms with Crippen LogP contribution in [0.15, 0.2) is 10.7 Å². The van der Waals surface area contributed by atoms with Gasteiger partial charge in [0.1, 0.15) is 11.5 Å². The Hall–Kier alpha value is -1.12. The Kier molecular flexibility index (Phi) is 1.79. The Bertz CT molecular complexity index is 410. The minimum absolute atomic E-state index is 0.142. The highest BCUT2D eigenvalue weighted by molar-refractivity contribution is 5.86. The predicted molar refractivity (Wildman–Crippen MR) is 54.4 cm³/mol. The number of hydrogen-bond donors (Lipinski definition) is 0. The largest absolute Gasteiger partial charge is 0.361 e. The van der Waals surface area contributed by atoms with E-state index >= 15 is 0 Å². The number of aromatic nitrogens is 1. The maximum absolute atomic E-state index is 12.0. The van der Waals surface area contributed by atoms with Gasteiger partial charge >= 0.3 is 0 Å². The van der Waals surface area contributed by atoms with E-state index in [0.29, 0.717) is 11.7 Å². The molecule has 2 atom stereocenters. The van der Waals surface area contributed by atoms with E-state index < -0.39 is 0 Å². The molecular formula is C12H15NO2. The molecule has 0 N–H and O–H groups in total. The Balaban J connectivity index is 2.02. The van der Waals surface area contributed by atoms with Crippen LogP contribution in [0.3, 0.4) is 0 Å². The Morgan fingerprint density at radius 3 is 3.33 bits per heavy atom. The summed E-state index contributed by atoms with van der Waals surface area (Å²) in [5.41, 5.74) is 1.00. The van der Waals surface area contributed by atoms with Gasteiger partial charge in [-0.15, -0.1) is 0 Å². The van der Waals surface area contributed by atoms with Gasteiger partial charge in [0.2, 0.25) is 0 Å². The van der Waals surface area contributed by atoms with E-state index in [1.807, 2.05) is 0 Å². The third kappa shape index (κ3) is 1.18. The van der Waals surface area contributed by atoms with Gasteiger partial charge in [0.15, 0.2) is 0 Å². The zero-order valence-electron chi connectivity index (χ0n) is 8.95. The molecule has 0 aliphatic heterocycles. The first-order valence-electron chi connectivity index (χ1n) is 5.66. The van der Waals surface area contributed by atoms with Crippen LogP contribution in [0.2, 0.25) is 0 Å². The molecule has 0 spiro atoms. The average molecular weight is 205 g/mol. The van der Waals surface area contributed by atoms with E-state index in [4.69, 9.17) is 4.52 Å². The summed E-state index contributed by atoms with van der Waals surface area (Å²) < 4.78 is 5.22. The van der Waals surface area contributed by atoms with E-state index in [1.165, 1.54) is 0 Å². The van der Waals surface area contributed by atoms with Gasteiger partial charge in [0, 0.05) is 23.8 Å². The van der Waals surface area contributed by atoms with Crippen molar-refractivity contribution in [1.29, 1.82) is 0 Å². The quantitative estimate of drug-likeness (QED) is 0.651. The van der Waals surface area contributed by atoms with Crippen molar-refractivity contribution in [3.05, 3.63) is 17.5 Å². The van der Waals surface area contributed by atoms with Crippen molar-refractivity contribution in [2.24, 2.45) is 11.3 Å². The highest BCUT2D eigenvalue weighted by Crippen LogP contribution is 2.46. The first kappa shape index (κ1) is 9.13. The Morgan fingerprint density at radius 2 is 2.47 bits per heavy atom. The van der Waals surface area contributed by atoms with Gasteiger partial charge in [-0.3, -0.25) is 4.79 Å². The molecule has 3 rings (SSSR count). The van der Waals surface area contributed by atoms with Crippen molar-refractivity contribution in [2.75, 3.05) is 0 Å². The van der Waals surface area contributed by atoms with Crippen LogP contribution in [0.1, 0.15) is 37.5 Å². The topological polar surface area (TPSA) is 43.1 Å². The number of nitrogens with zero attached hydrogens (tertiary/aromatic N) is 1. The number of carbonyl (C=O) groups is 1. The van der Waals surface area contributed by atoms with Crippen molar-refractivity contribution in [2.45, 2.75) is 39.0 Å². The zero-order valence-corrected chi connectivity index (χ0v) is 8.95. The predicted octanol–water partition coefficient (Wildman–Crippen LogP) is 2.15. The van der Waals surface area contributed by atoms with Crippen LogP contribution in [0.4, 0.5) is 0 Å².